The van der Waals surface area contributed by atoms with Crippen molar-refractivity contribution in [2.24, 2.45) is 11.8 Å². The van der Waals surface area contributed by atoms with E-state index in [2.05, 4.69) is 10.2 Å². The quantitative estimate of drug-likeness (QED) is 0.810. The highest BCUT2D eigenvalue weighted by Crippen LogP contribution is 2.47. The third kappa shape index (κ3) is 2.18. The standard InChI is InChI=1S/C12H20N2O2.ClH/c1-13-5-4-12(15)14-6-8-9(7-14)11-3-2-10(8)16-11;/h8-11,13H,2-7H2,1H3;1H. The lowest BCUT2D eigenvalue weighted by atomic mass is 9.82. The van der Waals surface area contributed by atoms with Crippen molar-refractivity contribution < 1.29 is 9.53 Å². The van der Waals surface area contributed by atoms with Gasteiger partial charge in [0.1, 0.15) is 0 Å². The van der Waals surface area contributed by atoms with E-state index in [9.17, 15) is 4.79 Å². The molecule has 17 heavy (non-hydrogen) atoms. The molecule has 4 nitrogen and oxygen atoms in total. The summed E-state index contributed by atoms with van der Waals surface area (Å²) < 4.78 is 5.90. The molecule has 0 radical (unpaired) electrons. The number of nitrogens with zero attached hydrogens (tertiary/aromatic N) is 1. The molecule has 3 saturated heterocycles. The number of hydrogen-bond donors (Lipinski definition) is 1. The van der Waals surface area contributed by atoms with Crippen LogP contribution in [0.15, 0.2) is 0 Å². The Morgan fingerprint density at radius 2 is 1.88 bits per heavy atom. The number of fused-ring (bicyclic) bond motifs is 5. The Hall–Kier alpha value is -0.320. The number of amides is 1. The summed E-state index contributed by atoms with van der Waals surface area (Å²) in [5.74, 6) is 1.58. The van der Waals surface area contributed by atoms with E-state index < -0.39 is 0 Å². The first-order valence-electron chi connectivity index (χ1n) is 6.37. The third-order valence-electron chi connectivity index (χ3n) is 4.39. The van der Waals surface area contributed by atoms with Gasteiger partial charge in [-0.1, -0.05) is 0 Å². The normalized spacial score (nSPS) is 38.1. The number of ether oxygens (including phenoxy) is 1. The molecule has 4 atom stereocenters. The first-order valence-corrected chi connectivity index (χ1v) is 6.37. The Morgan fingerprint density at radius 3 is 2.41 bits per heavy atom. The second-order valence-corrected chi connectivity index (χ2v) is 5.27. The molecule has 3 aliphatic heterocycles. The average molecular weight is 261 g/mol. The van der Waals surface area contributed by atoms with Crippen LogP contribution >= 0.6 is 12.4 Å². The summed E-state index contributed by atoms with van der Waals surface area (Å²) in [6.07, 6.45) is 3.97. The van der Waals surface area contributed by atoms with Crippen molar-refractivity contribution in [2.45, 2.75) is 31.5 Å². The Balaban J connectivity index is 0.00000108. The van der Waals surface area contributed by atoms with Crippen LogP contribution in [-0.2, 0) is 9.53 Å². The fraction of sp³-hybridized carbons (Fsp3) is 0.917. The van der Waals surface area contributed by atoms with Crippen molar-refractivity contribution >= 4 is 18.3 Å². The zero-order chi connectivity index (χ0) is 11.1. The Bertz CT molecular complexity index is 282. The van der Waals surface area contributed by atoms with Crippen molar-refractivity contribution in [3.63, 3.8) is 0 Å². The molecule has 0 spiro atoms. The summed E-state index contributed by atoms with van der Waals surface area (Å²) in [7, 11) is 1.89. The second kappa shape index (κ2) is 5.12. The zero-order valence-electron chi connectivity index (χ0n) is 10.2. The van der Waals surface area contributed by atoms with E-state index in [4.69, 9.17) is 4.74 Å². The minimum atomic E-state index is 0. The van der Waals surface area contributed by atoms with Crippen molar-refractivity contribution in [1.82, 2.24) is 10.2 Å². The molecule has 2 bridgehead atoms. The maximum absolute atomic E-state index is 11.9. The van der Waals surface area contributed by atoms with Crippen LogP contribution in [0.2, 0.25) is 0 Å². The molecule has 0 aromatic rings. The molecule has 1 amide bonds. The number of rotatable bonds is 3. The lowest BCUT2D eigenvalue weighted by Crippen LogP contribution is -2.33. The predicted octanol–water partition coefficient (Wildman–Crippen LogP) is 0.653. The van der Waals surface area contributed by atoms with Gasteiger partial charge >= 0.3 is 0 Å². The Labute approximate surface area is 108 Å². The molecule has 98 valence electrons. The maximum atomic E-state index is 11.9. The second-order valence-electron chi connectivity index (χ2n) is 5.27. The molecule has 3 fully saturated rings. The Morgan fingerprint density at radius 1 is 1.29 bits per heavy atom. The summed E-state index contributed by atoms with van der Waals surface area (Å²) in [4.78, 5) is 14.0. The van der Waals surface area contributed by atoms with Gasteiger partial charge in [0.25, 0.3) is 0 Å². The first-order chi connectivity index (χ1) is 7.79. The predicted molar refractivity (Wildman–Crippen MR) is 67.2 cm³/mol. The summed E-state index contributed by atoms with van der Waals surface area (Å²) in [5.41, 5.74) is 0. The molecule has 4 unspecified atom stereocenters. The van der Waals surface area contributed by atoms with Crippen LogP contribution in [0.3, 0.4) is 0 Å². The van der Waals surface area contributed by atoms with Gasteiger partial charge < -0.3 is 15.0 Å². The lowest BCUT2D eigenvalue weighted by Gasteiger charge is -2.18. The highest BCUT2D eigenvalue weighted by Gasteiger charge is 2.53. The topological polar surface area (TPSA) is 41.6 Å². The first kappa shape index (κ1) is 13.1. The van der Waals surface area contributed by atoms with Crippen molar-refractivity contribution in [3.05, 3.63) is 0 Å². The molecule has 3 aliphatic rings. The number of carbonyl (C=O) groups excluding carboxylic acids is 1. The lowest BCUT2D eigenvalue weighted by molar-refractivity contribution is -0.130. The van der Waals surface area contributed by atoms with Gasteiger partial charge in [0.05, 0.1) is 12.2 Å². The number of hydrogen-bond acceptors (Lipinski definition) is 3. The molecule has 0 aromatic carbocycles. The molecule has 1 N–H and O–H groups in total. The molecule has 0 aromatic heterocycles. The van der Waals surface area contributed by atoms with Crippen LogP contribution in [0.25, 0.3) is 0 Å². The highest BCUT2D eigenvalue weighted by atomic mass is 35.5. The molecular formula is C12H21ClN2O2. The number of likely N-dealkylation sites (tertiary alicyclic amines) is 1. The minimum Gasteiger partial charge on any atom is -0.374 e. The highest BCUT2D eigenvalue weighted by molar-refractivity contribution is 5.85. The summed E-state index contributed by atoms with van der Waals surface area (Å²) in [5, 5.41) is 3.03. The van der Waals surface area contributed by atoms with Crippen LogP contribution in [0.1, 0.15) is 19.3 Å². The van der Waals surface area contributed by atoms with Gasteiger partial charge in [-0.2, -0.15) is 0 Å². The van der Waals surface area contributed by atoms with Gasteiger partial charge in [0.15, 0.2) is 0 Å². The third-order valence-corrected chi connectivity index (χ3v) is 4.39. The fourth-order valence-corrected chi connectivity index (χ4v) is 3.55. The average Bonchev–Trinajstić information content (AvgIpc) is 2.95. The summed E-state index contributed by atoms with van der Waals surface area (Å²) in [6.45, 7) is 2.66. The summed E-state index contributed by atoms with van der Waals surface area (Å²) >= 11 is 0. The number of carbonyl (C=O) groups is 1. The van der Waals surface area contributed by atoms with Crippen molar-refractivity contribution in [2.75, 3.05) is 26.7 Å². The van der Waals surface area contributed by atoms with E-state index in [0.717, 1.165) is 19.6 Å². The molecule has 0 saturated carbocycles. The number of halogens is 1. The van der Waals surface area contributed by atoms with Gasteiger partial charge in [0.2, 0.25) is 5.91 Å². The molecular weight excluding hydrogens is 240 g/mol. The minimum absolute atomic E-state index is 0. The SMILES string of the molecule is CNCCC(=O)N1CC2C3CCC(O3)C2C1.Cl. The van der Waals surface area contributed by atoms with Crippen LogP contribution < -0.4 is 5.32 Å². The number of nitrogens with one attached hydrogen (secondary N) is 1. The van der Waals surface area contributed by atoms with Gasteiger partial charge in [0, 0.05) is 37.9 Å². The van der Waals surface area contributed by atoms with E-state index in [1.807, 2.05) is 7.05 Å². The fourth-order valence-electron chi connectivity index (χ4n) is 3.55. The molecule has 0 aliphatic carbocycles. The van der Waals surface area contributed by atoms with Gasteiger partial charge in [-0.15, -0.1) is 12.4 Å². The van der Waals surface area contributed by atoms with E-state index >= 15 is 0 Å². The monoisotopic (exact) mass is 260 g/mol. The van der Waals surface area contributed by atoms with Crippen LogP contribution in [-0.4, -0.2) is 49.7 Å². The van der Waals surface area contributed by atoms with E-state index in [1.54, 1.807) is 0 Å². The summed E-state index contributed by atoms with van der Waals surface area (Å²) in [6, 6.07) is 0. The van der Waals surface area contributed by atoms with E-state index in [-0.39, 0.29) is 12.4 Å². The maximum Gasteiger partial charge on any atom is 0.223 e. The van der Waals surface area contributed by atoms with Gasteiger partial charge in [-0.05, 0) is 19.9 Å². The van der Waals surface area contributed by atoms with Crippen LogP contribution in [0.5, 0.6) is 0 Å². The van der Waals surface area contributed by atoms with Crippen molar-refractivity contribution in [1.29, 1.82) is 0 Å². The van der Waals surface area contributed by atoms with Crippen LogP contribution in [0, 0.1) is 11.8 Å². The zero-order valence-corrected chi connectivity index (χ0v) is 11.0. The Kier molecular flexibility index (Phi) is 3.95. The van der Waals surface area contributed by atoms with E-state index in [0.29, 0.717) is 36.4 Å². The van der Waals surface area contributed by atoms with E-state index in [1.165, 1.54) is 12.8 Å². The van der Waals surface area contributed by atoms with Crippen LogP contribution in [0.4, 0.5) is 0 Å². The molecule has 3 rings (SSSR count). The molecule has 3 heterocycles. The smallest absolute Gasteiger partial charge is 0.223 e. The largest absolute Gasteiger partial charge is 0.374 e. The van der Waals surface area contributed by atoms with Crippen molar-refractivity contribution in [3.8, 4) is 0 Å². The van der Waals surface area contributed by atoms with Gasteiger partial charge in [-0.3, -0.25) is 4.79 Å². The van der Waals surface area contributed by atoms with Gasteiger partial charge in [-0.25, -0.2) is 0 Å². The molecule has 5 heteroatoms.